The smallest absolute Gasteiger partial charge is 0.254 e. The van der Waals surface area contributed by atoms with E-state index in [0.29, 0.717) is 19.7 Å². The topological polar surface area (TPSA) is 67.9 Å². The lowest BCUT2D eigenvalue weighted by atomic mass is 9.91. The second kappa shape index (κ2) is 8.98. The minimum absolute atomic E-state index is 0.0280. The summed E-state index contributed by atoms with van der Waals surface area (Å²) in [6.07, 6.45) is 4.04. The highest BCUT2D eigenvalue weighted by atomic mass is 35.5. The molecule has 2 bridgehead atoms. The van der Waals surface area contributed by atoms with Gasteiger partial charge in [-0.25, -0.2) is 4.39 Å². The van der Waals surface area contributed by atoms with Crippen LogP contribution in [0, 0.1) is 17.7 Å². The molecular weight excluding hydrogens is 399 g/mol. The van der Waals surface area contributed by atoms with Crippen LogP contribution in [0.1, 0.15) is 36.0 Å². The molecule has 1 aromatic rings. The van der Waals surface area contributed by atoms with Crippen molar-refractivity contribution in [3.63, 3.8) is 0 Å². The lowest BCUT2D eigenvalue weighted by Crippen LogP contribution is -2.54. The summed E-state index contributed by atoms with van der Waals surface area (Å²) in [4.78, 5) is 26.9. The summed E-state index contributed by atoms with van der Waals surface area (Å²) in [7, 11) is 0. The molecule has 2 saturated heterocycles. The van der Waals surface area contributed by atoms with E-state index in [-0.39, 0.29) is 53.0 Å². The van der Waals surface area contributed by atoms with E-state index in [1.54, 1.807) is 4.90 Å². The van der Waals surface area contributed by atoms with Gasteiger partial charge in [-0.3, -0.25) is 9.59 Å². The summed E-state index contributed by atoms with van der Waals surface area (Å²) in [6.45, 7) is 2.34. The molecule has 29 heavy (non-hydrogen) atoms. The van der Waals surface area contributed by atoms with Gasteiger partial charge in [0.25, 0.3) is 5.91 Å². The minimum Gasteiger partial charge on any atom is -0.376 e. The van der Waals surface area contributed by atoms with Gasteiger partial charge in [-0.15, -0.1) is 0 Å². The van der Waals surface area contributed by atoms with Crippen LogP contribution in [0.3, 0.4) is 0 Å². The molecule has 1 aliphatic carbocycles. The van der Waals surface area contributed by atoms with Crippen LogP contribution in [0.2, 0.25) is 5.02 Å². The van der Waals surface area contributed by atoms with Crippen LogP contribution in [0.25, 0.3) is 0 Å². The van der Waals surface area contributed by atoms with Crippen LogP contribution in [-0.2, 0) is 14.3 Å². The van der Waals surface area contributed by atoms with E-state index in [1.165, 1.54) is 18.2 Å². The molecule has 158 valence electrons. The third kappa shape index (κ3) is 4.90. The maximum atomic E-state index is 13.6. The molecule has 1 saturated carbocycles. The van der Waals surface area contributed by atoms with Gasteiger partial charge in [-0.05, 0) is 55.7 Å². The van der Waals surface area contributed by atoms with E-state index in [4.69, 9.17) is 21.1 Å². The number of nitrogens with zero attached hydrogens (tertiary/aromatic N) is 1. The molecule has 2 unspecified atom stereocenters. The normalized spacial score (nSPS) is 28.6. The standard InChI is InChI=1S/C21H26ClFN2O4/c22-16-6-15(7-17(23)8-16)21(27)25-9-13-3-4-14(10-25)20(13)24-19(26)12-28-11-18-2-1-5-29-18/h6-8,13-14,18,20H,1-5,9-12H2,(H,24,26)/t13-,14+,18?,20?. The van der Waals surface area contributed by atoms with Crippen molar-refractivity contribution in [1.82, 2.24) is 10.2 Å². The van der Waals surface area contributed by atoms with Crippen LogP contribution in [0.4, 0.5) is 4.39 Å². The molecular formula is C21H26ClFN2O4. The van der Waals surface area contributed by atoms with E-state index < -0.39 is 5.82 Å². The van der Waals surface area contributed by atoms with Crippen molar-refractivity contribution in [3.05, 3.63) is 34.6 Å². The molecule has 1 aromatic carbocycles. The van der Waals surface area contributed by atoms with E-state index in [1.807, 2.05) is 0 Å². The average Bonchev–Trinajstić information content (AvgIpc) is 3.25. The van der Waals surface area contributed by atoms with Crippen LogP contribution in [0.15, 0.2) is 18.2 Å². The molecule has 4 rings (SSSR count). The number of rotatable bonds is 6. The number of hydrogen-bond donors (Lipinski definition) is 1. The SMILES string of the molecule is O=C(COCC1CCCO1)NC1[C@@H]2CC[C@H]1CN(C(=O)c1cc(F)cc(Cl)c1)C2. The number of ether oxygens (including phenoxy) is 2. The molecule has 0 radical (unpaired) electrons. The molecule has 0 aromatic heterocycles. The predicted octanol–water partition coefficient (Wildman–Crippen LogP) is 2.64. The molecule has 3 aliphatic rings. The lowest BCUT2D eigenvalue weighted by Gasteiger charge is -2.38. The summed E-state index contributed by atoms with van der Waals surface area (Å²) in [6, 6.07) is 3.95. The highest BCUT2D eigenvalue weighted by Crippen LogP contribution is 2.37. The summed E-state index contributed by atoms with van der Waals surface area (Å²) in [5.74, 6) is -0.462. The number of amides is 2. The van der Waals surface area contributed by atoms with Crippen molar-refractivity contribution < 1.29 is 23.5 Å². The number of carbonyl (C=O) groups excluding carboxylic acids is 2. The maximum Gasteiger partial charge on any atom is 0.254 e. The third-order valence-electron chi connectivity index (χ3n) is 6.12. The van der Waals surface area contributed by atoms with E-state index in [0.717, 1.165) is 32.3 Å². The minimum atomic E-state index is -0.519. The monoisotopic (exact) mass is 424 g/mol. The second-order valence-corrected chi connectivity index (χ2v) is 8.65. The first-order chi connectivity index (χ1) is 14.0. The van der Waals surface area contributed by atoms with Crippen molar-refractivity contribution in [2.45, 2.75) is 37.8 Å². The summed E-state index contributed by atoms with van der Waals surface area (Å²) < 4.78 is 24.6. The summed E-state index contributed by atoms with van der Waals surface area (Å²) in [5, 5.41) is 3.31. The summed E-state index contributed by atoms with van der Waals surface area (Å²) in [5.41, 5.74) is 0.263. The molecule has 2 aliphatic heterocycles. The van der Waals surface area contributed by atoms with Gasteiger partial charge in [0.2, 0.25) is 5.91 Å². The Bertz CT molecular complexity index is 737. The molecule has 1 N–H and O–H groups in total. The van der Waals surface area contributed by atoms with Crippen molar-refractivity contribution in [2.75, 3.05) is 32.9 Å². The van der Waals surface area contributed by atoms with E-state index in [2.05, 4.69) is 5.32 Å². The number of benzene rings is 1. The van der Waals surface area contributed by atoms with Crippen LogP contribution >= 0.6 is 11.6 Å². The van der Waals surface area contributed by atoms with Gasteiger partial charge in [0.15, 0.2) is 0 Å². The Morgan fingerprint density at radius 1 is 1.21 bits per heavy atom. The first-order valence-electron chi connectivity index (χ1n) is 10.2. The fourth-order valence-electron chi connectivity index (χ4n) is 4.77. The van der Waals surface area contributed by atoms with Gasteiger partial charge in [0.05, 0.1) is 12.7 Å². The Kier molecular flexibility index (Phi) is 6.37. The van der Waals surface area contributed by atoms with Crippen molar-refractivity contribution >= 4 is 23.4 Å². The second-order valence-electron chi connectivity index (χ2n) is 8.21. The third-order valence-corrected chi connectivity index (χ3v) is 6.34. The highest BCUT2D eigenvalue weighted by molar-refractivity contribution is 6.31. The zero-order valence-electron chi connectivity index (χ0n) is 16.2. The molecule has 8 heteroatoms. The average molecular weight is 425 g/mol. The van der Waals surface area contributed by atoms with Gasteiger partial charge in [-0.2, -0.15) is 0 Å². The number of carbonyl (C=O) groups is 2. The predicted molar refractivity (Wildman–Crippen MR) is 105 cm³/mol. The largest absolute Gasteiger partial charge is 0.376 e. The Morgan fingerprint density at radius 2 is 1.97 bits per heavy atom. The fourth-order valence-corrected chi connectivity index (χ4v) is 4.99. The van der Waals surface area contributed by atoms with Crippen molar-refractivity contribution in [2.24, 2.45) is 11.8 Å². The van der Waals surface area contributed by atoms with Gasteiger partial charge >= 0.3 is 0 Å². The summed E-state index contributed by atoms with van der Waals surface area (Å²) >= 11 is 5.89. The van der Waals surface area contributed by atoms with Crippen LogP contribution < -0.4 is 5.32 Å². The molecule has 2 heterocycles. The number of hydrogen-bond acceptors (Lipinski definition) is 4. The van der Waals surface area contributed by atoms with Gasteiger partial charge in [-0.1, -0.05) is 11.6 Å². The Hall–Kier alpha value is -1.70. The zero-order valence-corrected chi connectivity index (χ0v) is 17.0. The zero-order chi connectivity index (χ0) is 20.4. The fraction of sp³-hybridized carbons (Fsp3) is 0.619. The van der Waals surface area contributed by atoms with E-state index in [9.17, 15) is 14.0 Å². The number of halogens is 2. The molecule has 6 nitrogen and oxygen atoms in total. The molecule has 3 fully saturated rings. The van der Waals surface area contributed by atoms with Crippen molar-refractivity contribution in [1.29, 1.82) is 0 Å². The number of fused-ring (bicyclic) bond motifs is 2. The molecule has 0 spiro atoms. The highest BCUT2D eigenvalue weighted by Gasteiger charge is 2.44. The number of nitrogens with one attached hydrogen (secondary N) is 1. The Balaban J connectivity index is 1.29. The number of likely N-dealkylation sites (tertiary alicyclic amines) is 1. The van der Waals surface area contributed by atoms with Crippen molar-refractivity contribution in [3.8, 4) is 0 Å². The first-order valence-corrected chi connectivity index (χ1v) is 10.6. The van der Waals surface area contributed by atoms with E-state index >= 15 is 0 Å². The quantitative estimate of drug-likeness (QED) is 0.762. The molecule has 4 atom stereocenters. The lowest BCUT2D eigenvalue weighted by molar-refractivity contribution is -0.128. The Labute approximate surface area is 174 Å². The van der Waals surface area contributed by atoms with Crippen LogP contribution in [-0.4, -0.2) is 61.8 Å². The van der Waals surface area contributed by atoms with Gasteiger partial charge in [0, 0.05) is 36.3 Å². The first kappa shape index (κ1) is 20.6. The maximum absolute atomic E-state index is 13.6. The number of piperidine rings is 1. The Morgan fingerprint density at radius 3 is 2.62 bits per heavy atom. The molecule has 2 amide bonds. The van der Waals surface area contributed by atoms with Gasteiger partial charge in [0.1, 0.15) is 12.4 Å². The van der Waals surface area contributed by atoms with Crippen LogP contribution in [0.5, 0.6) is 0 Å². The van der Waals surface area contributed by atoms with Gasteiger partial charge < -0.3 is 19.7 Å².